The molecule has 0 saturated carbocycles. The van der Waals surface area contributed by atoms with E-state index in [2.05, 4.69) is 33.8 Å². The molecule has 2 N–H and O–H groups in total. The lowest BCUT2D eigenvalue weighted by Crippen LogP contribution is -2.15. The smallest absolute Gasteiger partial charge is 0.122 e. The Labute approximate surface area is 105 Å². The molecular weight excluding hydrogens is 230 g/mol. The highest BCUT2D eigenvalue weighted by Crippen LogP contribution is 2.37. The molecule has 0 radical (unpaired) electrons. The number of imidazole rings is 1. The van der Waals surface area contributed by atoms with Crippen molar-refractivity contribution in [3.63, 3.8) is 0 Å². The normalized spacial score (nSPS) is 18.3. The summed E-state index contributed by atoms with van der Waals surface area (Å²) < 4.78 is 2.17. The molecule has 2 aromatic rings. The van der Waals surface area contributed by atoms with Gasteiger partial charge < -0.3 is 10.3 Å². The molecule has 2 heterocycles. The first-order chi connectivity index (χ1) is 8.36. The van der Waals surface area contributed by atoms with Gasteiger partial charge in [-0.2, -0.15) is 0 Å². The van der Waals surface area contributed by atoms with Gasteiger partial charge in [-0.3, -0.25) is 0 Å². The van der Waals surface area contributed by atoms with Crippen molar-refractivity contribution in [1.82, 2.24) is 9.55 Å². The van der Waals surface area contributed by atoms with Gasteiger partial charge in [0.1, 0.15) is 5.82 Å². The maximum Gasteiger partial charge on any atom is 0.122 e. The van der Waals surface area contributed by atoms with Gasteiger partial charge in [0, 0.05) is 29.1 Å². The molecule has 1 aromatic carbocycles. The van der Waals surface area contributed by atoms with Crippen molar-refractivity contribution < 1.29 is 0 Å². The fourth-order valence-corrected chi connectivity index (χ4v) is 3.59. The van der Waals surface area contributed by atoms with Gasteiger partial charge in [0.25, 0.3) is 0 Å². The van der Waals surface area contributed by atoms with E-state index in [1.54, 1.807) is 0 Å². The highest BCUT2D eigenvalue weighted by atomic mass is 32.2. The molecule has 0 saturated heterocycles. The Balaban J connectivity index is 1.74. The summed E-state index contributed by atoms with van der Waals surface area (Å²) in [6, 6.07) is 8.65. The van der Waals surface area contributed by atoms with Crippen LogP contribution < -0.4 is 5.73 Å². The molecule has 88 valence electrons. The zero-order chi connectivity index (χ0) is 11.7. The van der Waals surface area contributed by atoms with Crippen LogP contribution in [0.15, 0.2) is 41.6 Å². The van der Waals surface area contributed by atoms with Crippen molar-refractivity contribution in [2.75, 3.05) is 0 Å². The van der Waals surface area contributed by atoms with E-state index in [0.29, 0.717) is 11.8 Å². The van der Waals surface area contributed by atoms with Gasteiger partial charge in [0.2, 0.25) is 0 Å². The fourth-order valence-electron chi connectivity index (χ4n) is 2.27. The van der Waals surface area contributed by atoms with Crippen molar-refractivity contribution in [2.24, 2.45) is 5.73 Å². The molecule has 3 nitrogen and oxygen atoms in total. The van der Waals surface area contributed by atoms with E-state index in [9.17, 15) is 0 Å². The van der Waals surface area contributed by atoms with Crippen molar-refractivity contribution in [1.29, 1.82) is 0 Å². The number of thioether (sulfide) groups is 1. The summed E-state index contributed by atoms with van der Waals surface area (Å²) >= 11 is 1.96. The first-order valence-corrected chi connectivity index (χ1v) is 6.69. The summed E-state index contributed by atoms with van der Waals surface area (Å²) in [6.07, 6.45) is 4.99. The van der Waals surface area contributed by atoms with Crippen molar-refractivity contribution >= 4 is 11.8 Å². The average Bonchev–Trinajstić information content (AvgIpc) is 2.94. The van der Waals surface area contributed by atoms with Crippen LogP contribution in [0, 0.1) is 0 Å². The van der Waals surface area contributed by atoms with E-state index in [1.807, 2.05) is 24.2 Å². The van der Waals surface area contributed by atoms with Crippen LogP contribution in [-0.2, 0) is 19.5 Å². The summed E-state index contributed by atoms with van der Waals surface area (Å²) in [7, 11) is 0. The van der Waals surface area contributed by atoms with Crippen molar-refractivity contribution in [3.05, 3.63) is 48.0 Å². The molecule has 0 bridgehead atoms. The van der Waals surface area contributed by atoms with Gasteiger partial charge in [-0.1, -0.05) is 18.2 Å². The van der Waals surface area contributed by atoms with E-state index in [1.165, 1.54) is 10.5 Å². The zero-order valence-electron chi connectivity index (χ0n) is 9.54. The summed E-state index contributed by atoms with van der Waals surface area (Å²) in [4.78, 5) is 5.68. The van der Waals surface area contributed by atoms with Crippen LogP contribution in [0.3, 0.4) is 0 Å². The Kier molecular flexibility index (Phi) is 2.91. The standard InChI is InChI=1S/C13H15N3S/c14-8-13-15-5-6-16(13)9-11-7-10-3-1-2-4-12(10)17-11/h1-6,11H,7-9,14H2. The number of aromatic nitrogens is 2. The Morgan fingerprint density at radius 3 is 3.12 bits per heavy atom. The fraction of sp³-hybridized carbons (Fsp3) is 0.308. The van der Waals surface area contributed by atoms with Crippen LogP contribution in [0.25, 0.3) is 0 Å². The predicted octanol–water partition coefficient (Wildman–Crippen LogP) is 2.06. The van der Waals surface area contributed by atoms with Crippen molar-refractivity contribution in [2.45, 2.75) is 29.7 Å². The minimum atomic E-state index is 0.511. The van der Waals surface area contributed by atoms with Crippen molar-refractivity contribution in [3.8, 4) is 0 Å². The summed E-state index contributed by atoms with van der Waals surface area (Å²) in [5, 5.41) is 0.604. The number of fused-ring (bicyclic) bond motifs is 1. The molecule has 1 atom stereocenters. The predicted molar refractivity (Wildman–Crippen MR) is 69.9 cm³/mol. The number of nitrogens with zero attached hydrogens (tertiary/aromatic N) is 2. The molecule has 4 heteroatoms. The van der Waals surface area contributed by atoms with Gasteiger partial charge >= 0.3 is 0 Å². The number of hydrogen-bond acceptors (Lipinski definition) is 3. The Hall–Kier alpha value is -1.26. The number of nitrogens with two attached hydrogens (primary N) is 1. The molecule has 1 aliphatic rings. The van der Waals surface area contributed by atoms with E-state index >= 15 is 0 Å². The Morgan fingerprint density at radius 2 is 2.29 bits per heavy atom. The third kappa shape index (κ3) is 2.10. The van der Waals surface area contributed by atoms with Gasteiger partial charge in [0.15, 0.2) is 0 Å². The maximum atomic E-state index is 5.66. The largest absolute Gasteiger partial charge is 0.333 e. The van der Waals surface area contributed by atoms with E-state index in [-0.39, 0.29) is 0 Å². The van der Waals surface area contributed by atoms with E-state index < -0.39 is 0 Å². The lowest BCUT2D eigenvalue weighted by Gasteiger charge is -2.11. The molecule has 0 aliphatic carbocycles. The highest BCUT2D eigenvalue weighted by molar-refractivity contribution is 8.00. The quantitative estimate of drug-likeness (QED) is 0.900. The molecule has 0 spiro atoms. The highest BCUT2D eigenvalue weighted by Gasteiger charge is 2.22. The first kappa shape index (κ1) is 10.9. The van der Waals surface area contributed by atoms with E-state index in [4.69, 9.17) is 5.73 Å². The van der Waals surface area contributed by atoms with Crippen LogP contribution in [0.4, 0.5) is 0 Å². The van der Waals surface area contributed by atoms with Crippen LogP contribution in [0.5, 0.6) is 0 Å². The minimum absolute atomic E-state index is 0.511. The molecule has 3 rings (SSSR count). The lowest BCUT2D eigenvalue weighted by atomic mass is 10.1. The molecular formula is C13H15N3S. The second kappa shape index (κ2) is 4.55. The minimum Gasteiger partial charge on any atom is -0.333 e. The third-order valence-corrected chi connectivity index (χ3v) is 4.40. The number of rotatable bonds is 3. The first-order valence-electron chi connectivity index (χ1n) is 5.81. The second-order valence-electron chi connectivity index (χ2n) is 4.25. The molecule has 1 unspecified atom stereocenters. The van der Waals surface area contributed by atoms with Crippen LogP contribution in [0.2, 0.25) is 0 Å². The Bertz CT molecular complexity index is 496. The third-order valence-electron chi connectivity index (χ3n) is 3.10. The Morgan fingerprint density at radius 1 is 1.41 bits per heavy atom. The summed E-state index contributed by atoms with van der Waals surface area (Å²) in [5.41, 5.74) is 7.13. The topological polar surface area (TPSA) is 43.8 Å². The molecule has 1 aliphatic heterocycles. The number of benzene rings is 1. The lowest BCUT2D eigenvalue weighted by molar-refractivity contribution is 0.628. The van der Waals surface area contributed by atoms with Gasteiger partial charge in [0.05, 0.1) is 6.54 Å². The van der Waals surface area contributed by atoms with Gasteiger partial charge in [-0.15, -0.1) is 11.8 Å². The SMILES string of the molecule is NCc1nccn1CC1Cc2ccccc2S1. The van der Waals surface area contributed by atoms with E-state index in [0.717, 1.165) is 18.8 Å². The summed E-state index contributed by atoms with van der Waals surface area (Å²) in [5.74, 6) is 0.974. The molecule has 0 amide bonds. The monoisotopic (exact) mass is 245 g/mol. The van der Waals surface area contributed by atoms with Crippen LogP contribution in [-0.4, -0.2) is 14.8 Å². The van der Waals surface area contributed by atoms with Gasteiger partial charge in [-0.05, 0) is 18.1 Å². The maximum absolute atomic E-state index is 5.66. The molecule has 0 fully saturated rings. The van der Waals surface area contributed by atoms with Gasteiger partial charge in [-0.25, -0.2) is 4.98 Å². The number of hydrogen-bond donors (Lipinski definition) is 1. The zero-order valence-corrected chi connectivity index (χ0v) is 10.4. The summed E-state index contributed by atoms with van der Waals surface area (Å²) in [6.45, 7) is 1.50. The second-order valence-corrected chi connectivity index (χ2v) is 5.59. The molecule has 17 heavy (non-hydrogen) atoms. The average molecular weight is 245 g/mol. The van der Waals surface area contributed by atoms with Crippen LogP contribution >= 0.6 is 11.8 Å². The van der Waals surface area contributed by atoms with Crippen LogP contribution in [0.1, 0.15) is 11.4 Å². The molecule has 1 aromatic heterocycles.